The van der Waals surface area contributed by atoms with Crippen LogP contribution in [0.1, 0.15) is 124 Å². The molecule has 0 aliphatic rings. The second-order valence-electron chi connectivity index (χ2n) is 13.7. The Morgan fingerprint density at radius 1 is 0.711 bits per heavy atom. The smallest absolute Gasteiger partial charge is 0.257 e. The predicted molar refractivity (Wildman–Crippen MR) is 177 cm³/mol. The van der Waals surface area contributed by atoms with Crippen molar-refractivity contribution >= 4 is 49.3 Å². The van der Waals surface area contributed by atoms with E-state index < -0.39 is 30.9 Å². The van der Waals surface area contributed by atoms with Crippen LogP contribution in [0.5, 0.6) is 0 Å². The zero-order chi connectivity index (χ0) is 33.2. The molecular weight excluding hydrogens is 617 g/mol. The SMILES string of the molecule is CCCCCCS(=O)(=O)Nc1n[nH]c2c(/C=c3/c(C(C)(C)C)nn4c(NS(=O)(=O)CCCCCC)nnc34)c(C(C)(C)C)nn12. The zero-order valence-corrected chi connectivity index (χ0v) is 29.4. The summed E-state index contributed by atoms with van der Waals surface area (Å²) in [5, 5.41) is 25.9. The molecule has 0 aliphatic carbocycles. The molecule has 0 aromatic carbocycles. The van der Waals surface area contributed by atoms with Crippen LogP contribution in [0.2, 0.25) is 0 Å². The first-order chi connectivity index (χ1) is 21.0. The number of anilines is 2. The lowest BCUT2D eigenvalue weighted by molar-refractivity contribution is 0.558. The van der Waals surface area contributed by atoms with E-state index in [9.17, 15) is 16.8 Å². The largest absolute Gasteiger partial charge is 0.259 e. The minimum atomic E-state index is -3.65. The van der Waals surface area contributed by atoms with Crippen LogP contribution in [0, 0.1) is 0 Å². The monoisotopic (exact) mass is 664 g/mol. The molecule has 4 rings (SSSR count). The Balaban J connectivity index is 1.81. The number of unbranched alkanes of at least 4 members (excludes halogenated alkanes) is 6. The van der Waals surface area contributed by atoms with Crippen LogP contribution in [0.3, 0.4) is 0 Å². The Kier molecular flexibility index (Phi) is 10.2. The summed E-state index contributed by atoms with van der Waals surface area (Å²) in [4.78, 5) is 0. The molecule has 0 atom stereocenters. The summed E-state index contributed by atoms with van der Waals surface area (Å²) in [6.45, 7) is 16.2. The van der Waals surface area contributed by atoms with Crippen molar-refractivity contribution in [2.24, 2.45) is 0 Å². The second-order valence-corrected chi connectivity index (χ2v) is 17.4. The van der Waals surface area contributed by atoms with E-state index in [4.69, 9.17) is 10.2 Å². The van der Waals surface area contributed by atoms with Crippen molar-refractivity contribution in [3.05, 3.63) is 22.2 Å². The summed E-state index contributed by atoms with van der Waals surface area (Å²) < 4.78 is 59.4. The van der Waals surface area contributed by atoms with Gasteiger partial charge in [-0.15, -0.1) is 15.3 Å². The van der Waals surface area contributed by atoms with Crippen molar-refractivity contribution in [3.63, 3.8) is 0 Å². The van der Waals surface area contributed by atoms with Gasteiger partial charge in [0.15, 0.2) is 11.3 Å². The third kappa shape index (κ3) is 8.12. The van der Waals surface area contributed by atoms with Crippen LogP contribution >= 0.6 is 0 Å². The average Bonchev–Trinajstić information content (AvgIpc) is 3.67. The average molecular weight is 665 g/mol. The molecule has 4 aromatic rings. The van der Waals surface area contributed by atoms with Crippen molar-refractivity contribution in [3.8, 4) is 0 Å². The number of hydrogen-bond donors (Lipinski definition) is 3. The topological polar surface area (TPSA) is 181 Å². The van der Waals surface area contributed by atoms with Crippen LogP contribution in [0.25, 0.3) is 17.4 Å². The van der Waals surface area contributed by atoms with Gasteiger partial charge < -0.3 is 0 Å². The zero-order valence-electron chi connectivity index (χ0n) is 27.7. The van der Waals surface area contributed by atoms with E-state index in [0.717, 1.165) is 38.5 Å². The number of rotatable bonds is 15. The summed E-state index contributed by atoms with van der Waals surface area (Å²) in [5.41, 5.74) is 2.08. The number of hydrogen-bond acceptors (Lipinski definition) is 9. The Bertz CT molecular complexity index is 1890. The van der Waals surface area contributed by atoms with Crippen LogP contribution in [0.4, 0.5) is 11.9 Å². The number of aromatic amines is 1. The highest BCUT2D eigenvalue weighted by molar-refractivity contribution is 7.92. The van der Waals surface area contributed by atoms with Gasteiger partial charge in [0.1, 0.15) is 0 Å². The van der Waals surface area contributed by atoms with Crippen LogP contribution < -0.4 is 14.7 Å². The number of nitrogens with one attached hydrogen (secondary N) is 3. The van der Waals surface area contributed by atoms with Gasteiger partial charge in [0.25, 0.3) is 11.9 Å². The molecule has 4 aromatic heterocycles. The van der Waals surface area contributed by atoms with Crippen molar-refractivity contribution in [2.75, 3.05) is 20.9 Å². The number of sulfonamides is 2. The molecule has 0 aliphatic heterocycles. The molecule has 16 heteroatoms. The fourth-order valence-electron chi connectivity index (χ4n) is 5.12. The standard InChI is InChI=1S/C29H48N10O4S2/c1-9-11-13-15-17-44(40,41)36-26-32-30-24-20(22(28(3,4)5)34-38(24)26)19-21-23(29(6,7)8)35-39-25(21)31-33-27(39)37-45(42,43)18-16-14-12-10-2/h19,30H,9-18H2,1-8H3,(H,32,36)(H,33,37)/b21-19-. The van der Waals surface area contributed by atoms with Crippen LogP contribution in [-0.2, 0) is 30.9 Å². The first-order valence-electron chi connectivity index (χ1n) is 15.7. The summed E-state index contributed by atoms with van der Waals surface area (Å²) in [6.07, 6.45) is 8.67. The fourth-order valence-corrected chi connectivity index (χ4v) is 7.30. The second kappa shape index (κ2) is 13.2. The maximum absolute atomic E-state index is 12.9. The highest BCUT2D eigenvalue weighted by Crippen LogP contribution is 2.30. The first-order valence-corrected chi connectivity index (χ1v) is 19.0. The molecule has 0 unspecified atom stereocenters. The first kappa shape index (κ1) is 34.6. The van der Waals surface area contributed by atoms with E-state index in [1.807, 2.05) is 47.6 Å². The molecular formula is C29H48N10O4S2. The van der Waals surface area contributed by atoms with Gasteiger partial charge in [0.2, 0.25) is 20.0 Å². The summed E-state index contributed by atoms with van der Waals surface area (Å²) in [7, 11) is -7.28. The minimum absolute atomic E-state index is 0.00243. The van der Waals surface area contributed by atoms with Gasteiger partial charge in [-0.25, -0.2) is 26.3 Å². The van der Waals surface area contributed by atoms with Crippen LogP contribution in [0.15, 0.2) is 0 Å². The van der Waals surface area contributed by atoms with Gasteiger partial charge in [-0.2, -0.15) is 19.2 Å². The van der Waals surface area contributed by atoms with Gasteiger partial charge in [-0.05, 0) is 18.9 Å². The lowest BCUT2D eigenvalue weighted by Crippen LogP contribution is -2.23. The molecule has 0 saturated heterocycles. The molecule has 14 nitrogen and oxygen atoms in total. The van der Waals surface area contributed by atoms with Crippen molar-refractivity contribution in [1.82, 2.24) is 39.6 Å². The molecule has 0 bridgehead atoms. The van der Waals surface area contributed by atoms with Gasteiger partial charge in [-0.1, -0.05) is 93.9 Å². The molecule has 0 fully saturated rings. The van der Waals surface area contributed by atoms with Gasteiger partial charge in [0, 0.05) is 21.6 Å². The third-order valence-electron chi connectivity index (χ3n) is 7.46. The van der Waals surface area contributed by atoms with E-state index in [2.05, 4.69) is 43.7 Å². The highest BCUT2D eigenvalue weighted by atomic mass is 32.2. The molecule has 45 heavy (non-hydrogen) atoms. The van der Waals surface area contributed by atoms with Crippen molar-refractivity contribution in [2.45, 2.75) is 118 Å². The van der Waals surface area contributed by atoms with E-state index >= 15 is 0 Å². The minimum Gasteiger partial charge on any atom is -0.257 e. The maximum Gasteiger partial charge on any atom is 0.259 e. The summed E-state index contributed by atoms with van der Waals surface area (Å²) in [5.74, 6) is 0.0869. The van der Waals surface area contributed by atoms with Crippen molar-refractivity contribution < 1.29 is 16.8 Å². The Labute approximate surface area is 265 Å². The maximum atomic E-state index is 12.9. The van der Waals surface area contributed by atoms with E-state index in [1.54, 1.807) is 0 Å². The quantitative estimate of drug-likeness (QED) is 0.156. The molecule has 0 spiro atoms. The van der Waals surface area contributed by atoms with E-state index in [0.29, 0.717) is 46.3 Å². The Morgan fingerprint density at radius 3 is 1.78 bits per heavy atom. The molecule has 250 valence electrons. The van der Waals surface area contributed by atoms with E-state index in [1.165, 1.54) is 9.03 Å². The summed E-state index contributed by atoms with van der Waals surface area (Å²) in [6, 6.07) is 0. The number of fused-ring (bicyclic) bond motifs is 2. The fraction of sp³-hybridized carbons (Fsp3) is 0.690. The molecule has 0 amide bonds. The lowest BCUT2D eigenvalue weighted by atomic mass is 9.88. The Hall–Kier alpha value is -3.27. The number of aromatic nitrogens is 8. The number of nitrogens with zero attached hydrogens (tertiary/aromatic N) is 7. The van der Waals surface area contributed by atoms with Gasteiger partial charge >= 0.3 is 0 Å². The predicted octanol–water partition coefficient (Wildman–Crippen LogP) is 4.28. The Morgan fingerprint density at radius 2 is 1.24 bits per heavy atom. The lowest BCUT2D eigenvalue weighted by Gasteiger charge is -2.17. The van der Waals surface area contributed by atoms with Crippen molar-refractivity contribution in [1.29, 1.82) is 0 Å². The molecule has 4 heterocycles. The van der Waals surface area contributed by atoms with Crippen LogP contribution in [-0.4, -0.2) is 68.0 Å². The molecule has 0 radical (unpaired) electrons. The highest BCUT2D eigenvalue weighted by Gasteiger charge is 2.29. The van der Waals surface area contributed by atoms with Gasteiger partial charge in [-0.3, -0.25) is 5.10 Å². The van der Waals surface area contributed by atoms with E-state index in [-0.39, 0.29) is 23.4 Å². The molecule has 0 saturated carbocycles. The summed E-state index contributed by atoms with van der Waals surface area (Å²) >= 11 is 0. The van der Waals surface area contributed by atoms with Gasteiger partial charge in [0.05, 0.1) is 22.9 Å². The third-order valence-corrected chi connectivity index (χ3v) is 10.1. The molecule has 3 N–H and O–H groups in total. The number of H-pyrrole nitrogens is 1. The normalized spacial score (nSPS) is 13.8.